The van der Waals surface area contributed by atoms with Crippen LogP contribution in [0.15, 0.2) is 30.3 Å². The Morgan fingerprint density at radius 1 is 1.43 bits per heavy atom. The van der Waals surface area contributed by atoms with Crippen LogP contribution in [0.3, 0.4) is 0 Å². The van der Waals surface area contributed by atoms with Gasteiger partial charge < -0.3 is 5.32 Å². The molecule has 1 aliphatic heterocycles. The van der Waals surface area contributed by atoms with E-state index in [0.717, 1.165) is 12.6 Å². The van der Waals surface area contributed by atoms with Gasteiger partial charge in [-0.25, -0.2) is 0 Å². The van der Waals surface area contributed by atoms with Crippen LogP contribution in [0.2, 0.25) is 0 Å². The molecule has 0 radical (unpaired) electrons. The highest BCUT2D eigenvalue weighted by Gasteiger charge is 2.37. The second-order valence-corrected chi connectivity index (χ2v) is 3.99. The largest absolute Gasteiger partial charge is 0.318 e. The molecule has 14 heavy (non-hydrogen) atoms. The van der Waals surface area contributed by atoms with Crippen LogP contribution in [0.4, 0.5) is 0 Å². The van der Waals surface area contributed by atoms with E-state index in [1.807, 2.05) is 7.05 Å². The first kappa shape index (κ1) is 9.69. The highest BCUT2D eigenvalue weighted by atomic mass is 15.3. The van der Waals surface area contributed by atoms with Crippen LogP contribution >= 0.6 is 0 Å². The molecule has 1 heterocycles. The Morgan fingerprint density at radius 3 is 2.79 bits per heavy atom. The third kappa shape index (κ3) is 1.97. The Hall–Kier alpha value is -0.860. The van der Waals surface area contributed by atoms with Gasteiger partial charge in [0.15, 0.2) is 0 Å². The van der Waals surface area contributed by atoms with Crippen molar-refractivity contribution in [3.8, 4) is 0 Å². The van der Waals surface area contributed by atoms with Crippen LogP contribution in [0.25, 0.3) is 0 Å². The predicted molar refractivity (Wildman–Crippen MR) is 59.3 cm³/mol. The van der Waals surface area contributed by atoms with Crippen LogP contribution in [-0.2, 0) is 0 Å². The first-order chi connectivity index (χ1) is 6.83. The van der Waals surface area contributed by atoms with Crippen molar-refractivity contribution < 1.29 is 0 Å². The second kappa shape index (κ2) is 4.11. The number of benzene rings is 1. The molecule has 1 saturated heterocycles. The average molecular weight is 190 g/mol. The van der Waals surface area contributed by atoms with Gasteiger partial charge in [0.2, 0.25) is 0 Å². The highest BCUT2D eigenvalue weighted by molar-refractivity contribution is 5.20. The minimum Gasteiger partial charge on any atom is -0.318 e. The van der Waals surface area contributed by atoms with Gasteiger partial charge in [0.05, 0.1) is 0 Å². The molecule has 1 fully saturated rings. The number of likely N-dealkylation sites (N-methyl/N-ethyl adjacent to an activating group) is 1. The van der Waals surface area contributed by atoms with Crippen molar-refractivity contribution in [1.29, 1.82) is 0 Å². The number of nitrogens with one attached hydrogen (secondary N) is 1. The topological polar surface area (TPSA) is 15.0 Å². The van der Waals surface area contributed by atoms with Crippen LogP contribution in [0.1, 0.15) is 18.5 Å². The van der Waals surface area contributed by atoms with Gasteiger partial charge in [-0.05, 0) is 19.5 Å². The van der Waals surface area contributed by atoms with Gasteiger partial charge in [0.25, 0.3) is 0 Å². The predicted octanol–water partition coefficient (Wildman–Crippen LogP) is 1.65. The molecule has 1 N–H and O–H groups in total. The van der Waals surface area contributed by atoms with Crippen molar-refractivity contribution in [2.24, 2.45) is 0 Å². The maximum atomic E-state index is 3.22. The Morgan fingerprint density at radius 2 is 2.14 bits per heavy atom. The first-order valence-corrected chi connectivity index (χ1v) is 5.28. The van der Waals surface area contributed by atoms with Gasteiger partial charge in [-0.2, -0.15) is 0 Å². The van der Waals surface area contributed by atoms with Crippen molar-refractivity contribution in [1.82, 2.24) is 10.2 Å². The fourth-order valence-corrected chi connectivity index (χ4v) is 2.01. The molecule has 3 unspecified atom stereocenters. The van der Waals surface area contributed by atoms with Gasteiger partial charge in [-0.3, -0.25) is 4.90 Å². The lowest BCUT2D eigenvalue weighted by Crippen LogP contribution is -2.19. The SMILES string of the molecule is CNCC1CN1C(C)c1ccccc1. The zero-order chi connectivity index (χ0) is 9.97. The number of rotatable bonds is 4. The molecule has 0 aliphatic carbocycles. The Bertz CT molecular complexity index is 284. The summed E-state index contributed by atoms with van der Waals surface area (Å²) >= 11 is 0. The van der Waals surface area contributed by atoms with Crippen LogP contribution in [-0.4, -0.2) is 31.1 Å². The molecule has 0 aromatic heterocycles. The highest BCUT2D eigenvalue weighted by Crippen LogP contribution is 2.30. The van der Waals surface area contributed by atoms with Crippen molar-refractivity contribution in [2.75, 3.05) is 20.1 Å². The standard InChI is InChI=1S/C12H18N2/c1-10(11-6-4-3-5-7-11)14-9-12(14)8-13-2/h3-7,10,12-13H,8-9H2,1-2H3. The monoisotopic (exact) mass is 190 g/mol. The van der Waals surface area contributed by atoms with E-state index >= 15 is 0 Å². The molecule has 2 nitrogen and oxygen atoms in total. The molecule has 0 spiro atoms. The molecule has 0 bridgehead atoms. The first-order valence-electron chi connectivity index (χ1n) is 5.28. The van der Waals surface area contributed by atoms with Crippen molar-refractivity contribution in [3.05, 3.63) is 35.9 Å². The van der Waals surface area contributed by atoms with Gasteiger partial charge >= 0.3 is 0 Å². The molecule has 1 aliphatic rings. The van der Waals surface area contributed by atoms with Crippen LogP contribution in [0, 0.1) is 0 Å². The molecule has 76 valence electrons. The Labute approximate surface area is 85.9 Å². The minimum absolute atomic E-state index is 0.564. The Kier molecular flexibility index (Phi) is 2.85. The lowest BCUT2D eigenvalue weighted by Gasteiger charge is -2.14. The fraction of sp³-hybridized carbons (Fsp3) is 0.500. The lowest BCUT2D eigenvalue weighted by atomic mass is 10.1. The van der Waals surface area contributed by atoms with Crippen molar-refractivity contribution in [3.63, 3.8) is 0 Å². The molecular weight excluding hydrogens is 172 g/mol. The van der Waals surface area contributed by atoms with Gasteiger partial charge in [-0.15, -0.1) is 0 Å². The van der Waals surface area contributed by atoms with E-state index in [2.05, 4.69) is 47.5 Å². The quantitative estimate of drug-likeness (QED) is 0.726. The third-order valence-corrected chi connectivity index (χ3v) is 2.98. The molecule has 3 atom stereocenters. The Balaban J connectivity index is 1.94. The molecule has 0 amide bonds. The van der Waals surface area contributed by atoms with Gasteiger partial charge in [0.1, 0.15) is 0 Å². The van der Waals surface area contributed by atoms with Gasteiger partial charge in [-0.1, -0.05) is 30.3 Å². The maximum absolute atomic E-state index is 3.22. The number of nitrogens with zero attached hydrogens (tertiary/aromatic N) is 1. The van der Waals surface area contributed by atoms with Gasteiger partial charge in [0, 0.05) is 25.2 Å². The molecular formula is C12H18N2. The molecule has 2 rings (SSSR count). The van der Waals surface area contributed by atoms with E-state index in [9.17, 15) is 0 Å². The zero-order valence-electron chi connectivity index (χ0n) is 8.90. The normalized spacial score (nSPS) is 27.3. The van der Waals surface area contributed by atoms with Crippen molar-refractivity contribution in [2.45, 2.75) is 19.0 Å². The van der Waals surface area contributed by atoms with E-state index in [-0.39, 0.29) is 0 Å². The molecule has 0 saturated carbocycles. The number of hydrogen-bond acceptors (Lipinski definition) is 2. The molecule has 1 aromatic carbocycles. The van der Waals surface area contributed by atoms with E-state index in [1.54, 1.807) is 0 Å². The number of hydrogen-bond donors (Lipinski definition) is 1. The molecule has 1 aromatic rings. The maximum Gasteiger partial charge on any atom is 0.0354 e. The summed E-state index contributed by atoms with van der Waals surface area (Å²) in [6, 6.07) is 12.0. The van der Waals surface area contributed by atoms with E-state index in [4.69, 9.17) is 0 Å². The fourth-order valence-electron chi connectivity index (χ4n) is 2.01. The van der Waals surface area contributed by atoms with E-state index in [1.165, 1.54) is 12.1 Å². The third-order valence-electron chi connectivity index (χ3n) is 2.98. The van der Waals surface area contributed by atoms with E-state index < -0.39 is 0 Å². The summed E-state index contributed by atoms with van der Waals surface area (Å²) in [5.74, 6) is 0. The lowest BCUT2D eigenvalue weighted by molar-refractivity contribution is 0.402. The summed E-state index contributed by atoms with van der Waals surface area (Å²) < 4.78 is 0. The summed E-state index contributed by atoms with van der Waals surface area (Å²) in [7, 11) is 2.02. The van der Waals surface area contributed by atoms with Crippen LogP contribution in [0.5, 0.6) is 0 Å². The molecule has 2 heteroatoms. The second-order valence-electron chi connectivity index (χ2n) is 3.99. The summed E-state index contributed by atoms with van der Waals surface area (Å²) in [4.78, 5) is 2.52. The van der Waals surface area contributed by atoms with E-state index in [0.29, 0.717) is 6.04 Å². The smallest absolute Gasteiger partial charge is 0.0354 e. The van der Waals surface area contributed by atoms with Crippen molar-refractivity contribution >= 4 is 0 Å². The average Bonchev–Trinajstić information content (AvgIpc) is 2.98. The summed E-state index contributed by atoms with van der Waals surface area (Å²) in [5, 5.41) is 3.22. The zero-order valence-corrected chi connectivity index (χ0v) is 8.90. The minimum atomic E-state index is 0.564. The summed E-state index contributed by atoms with van der Waals surface area (Å²) in [6.45, 7) is 4.62. The summed E-state index contributed by atoms with van der Waals surface area (Å²) in [6.07, 6.45) is 0. The summed E-state index contributed by atoms with van der Waals surface area (Å²) in [5.41, 5.74) is 1.42. The van der Waals surface area contributed by atoms with Crippen LogP contribution < -0.4 is 5.32 Å².